The van der Waals surface area contributed by atoms with E-state index in [-0.39, 0.29) is 0 Å². The van der Waals surface area contributed by atoms with Crippen molar-refractivity contribution < 1.29 is 4.79 Å². The number of nitrogens with one attached hydrogen (secondary N) is 1. The summed E-state index contributed by atoms with van der Waals surface area (Å²) in [6, 6.07) is -0.574. The Labute approximate surface area is 109 Å². The van der Waals surface area contributed by atoms with Crippen LogP contribution in [0.1, 0.15) is 53.4 Å². The molecule has 0 radical (unpaired) electrons. The number of rotatable bonds is 3. The SMILES string of the molecule is CC/C(=N/NC(N)=O)[C@H]1C[C@]2(C)CC[C@@H]1C2(C)C. The molecule has 0 aliphatic heterocycles. The van der Waals surface area contributed by atoms with Crippen molar-refractivity contribution in [2.24, 2.45) is 33.5 Å². The molecule has 2 saturated carbocycles. The minimum Gasteiger partial charge on any atom is -0.350 e. The molecule has 0 heterocycles. The van der Waals surface area contributed by atoms with Crippen molar-refractivity contribution >= 4 is 11.7 Å². The highest BCUT2D eigenvalue weighted by molar-refractivity contribution is 5.88. The molecular weight excluding hydrogens is 226 g/mol. The van der Waals surface area contributed by atoms with E-state index in [4.69, 9.17) is 5.73 Å². The monoisotopic (exact) mass is 251 g/mol. The molecule has 2 bridgehead atoms. The van der Waals surface area contributed by atoms with Gasteiger partial charge in [-0.2, -0.15) is 5.10 Å². The largest absolute Gasteiger partial charge is 0.350 e. The van der Waals surface area contributed by atoms with Crippen LogP contribution in [-0.2, 0) is 0 Å². The van der Waals surface area contributed by atoms with E-state index in [1.807, 2.05) is 0 Å². The van der Waals surface area contributed by atoms with E-state index in [2.05, 4.69) is 38.2 Å². The van der Waals surface area contributed by atoms with E-state index in [0.29, 0.717) is 22.7 Å². The summed E-state index contributed by atoms with van der Waals surface area (Å²) < 4.78 is 0. The number of carbonyl (C=O) groups excluding carboxylic acids is 1. The summed E-state index contributed by atoms with van der Waals surface area (Å²) >= 11 is 0. The predicted octanol–water partition coefficient (Wildman–Crippen LogP) is 2.88. The van der Waals surface area contributed by atoms with E-state index in [0.717, 1.165) is 12.1 Å². The molecule has 2 rings (SSSR count). The zero-order valence-electron chi connectivity index (χ0n) is 11.9. The highest BCUT2D eigenvalue weighted by Crippen LogP contribution is 2.67. The number of urea groups is 1. The van der Waals surface area contributed by atoms with Gasteiger partial charge in [0.05, 0.1) is 0 Å². The van der Waals surface area contributed by atoms with Crippen LogP contribution in [0, 0.1) is 22.7 Å². The molecule has 0 aromatic rings. The summed E-state index contributed by atoms with van der Waals surface area (Å²) in [5, 5.41) is 4.23. The number of nitrogens with two attached hydrogens (primary N) is 1. The molecule has 4 nitrogen and oxygen atoms in total. The first-order valence-corrected chi connectivity index (χ1v) is 6.93. The molecule has 0 aromatic carbocycles. The molecular formula is C14H25N3O. The number of carbonyl (C=O) groups is 1. The lowest BCUT2D eigenvalue weighted by atomic mass is 9.71. The van der Waals surface area contributed by atoms with Gasteiger partial charge < -0.3 is 5.73 Å². The van der Waals surface area contributed by atoms with Crippen LogP contribution in [0.25, 0.3) is 0 Å². The molecule has 4 heteroatoms. The third-order valence-corrected chi connectivity index (χ3v) is 5.75. The zero-order chi connectivity index (χ0) is 13.6. The molecule has 18 heavy (non-hydrogen) atoms. The number of nitrogens with zero attached hydrogens (tertiary/aromatic N) is 1. The quantitative estimate of drug-likeness (QED) is 0.588. The third kappa shape index (κ3) is 1.82. The minimum atomic E-state index is -0.574. The summed E-state index contributed by atoms with van der Waals surface area (Å²) in [7, 11) is 0. The summed E-state index contributed by atoms with van der Waals surface area (Å²) in [6.45, 7) is 9.28. The Balaban J connectivity index is 2.21. The first-order chi connectivity index (χ1) is 8.32. The van der Waals surface area contributed by atoms with Crippen molar-refractivity contribution in [3.8, 4) is 0 Å². The maximum atomic E-state index is 10.8. The molecule has 3 N–H and O–H groups in total. The minimum absolute atomic E-state index is 0.375. The van der Waals surface area contributed by atoms with Gasteiger partial charge in [0, 0.05) is 11.6 Å². The van der Waals surface area contributed by atoms with Crippen LogP contribution in [0.4, 0.5) is 4.79 Å². The molecule has 0 unspecified atom stereocenters. The Morgan fingerprint density at radius 2 is 2.11 bits per heavy atom. The smallest absolute Gasteiger partial charge is 0.332 e. The summed E-state index contributed by atoms with van der Waals surface area (Å²) in [4.78, 5) is 10.8. The molecule has 2 aliphatic rings. The first-order valence-electron chi connectivity index (χ1n) is 6.93. The van der Waals surface area contributed by atoms with Gasteiger partial charge in [-0.1, -0.05) is 27.7 Å². The van der Waals surface area contributed by atoms with Crippen molar-refractivity contribution in [2.75, 3.05) is 0 Å². The van der Waals surface area contributed by atoms with Gasteiger partial charge in [-0.15, -0.1) is 0 Å². The van der Waals surface area contributed by atoms with Gasteiger partial charge >= 0.3 is 6.03 Å². The molecule has 0 saturated heterocycles. The van der Waals surface area contributed by atoms with E-state index in [1.165, 1.54) is 19.3 Å². The number of hydrogen-bond donors (Lipinski definition) is 2. The van der Waals surface area contributed by atoms with Gasteiger partial charge in [-0.25, -0.2) is 10.2 Å². The Hall–Kier alpha value is -1.06. The number of hydrazone groups is 1. The van der Waals surface area contributed by atoms with Crippen LogP contribution in [0.3, 0.4) is 0 Å². The normalized spacial score (nSPS) is 37.9. The lowest BCUT2D eigenvalue weighted by molar-refractivity contribution is 0.152. The van der Waals surface area contributed by atoms with E-state index < -0.39 is 6.03 Å². The second-order valence-corrected chi connectivity index (χ2v) is 6.67. The fourth-order valence-corrected chi connectivity index (χ4v) is 4.20. The van der Waals surface area contributed by atoms with Crippen LogP contribution in [0.2, 0.25) is 0 Å². The standard InChI is InChI=1S/C14H25N3O/c1-5-11(16-17-12(15)18)9-8-14(4)7-6-10(9)13(14,2)3/h9-10H,5-8H2,1-4H3,(H3,15,17,18)/b16-11-/t9-,10-,14-/m0/s1. The Morgan fingerprint density at radius 1 is 1.44 bits per heavy atom. The van der Waals surface area contributed by atoms with Crippen LogP contribution in [0.15, 0.2) is 5.10 Å². The second kappa shape index (κ2) is 4.25. The van der Waals surface area contributed by atoms with Gasteiger partial charge in [0.15, 0.2) is 0 Å². The Kier molecular flexibility index (Phi) is 3.16. The highest BCUT2D eigenvalue weighted by atomic mass is 16.2. The summed E-state index contributed by atoms with van der Waals surface area (Å²) in [6.07, 6.45) is 4.68. The van der Waals surface area contributed by atoms with Crippen molar-refractivity contribution in [1.29, 1.82) is 0 Å². The fourth-order valence-electron chi connectivity index (χ4n) is 4.20. The molecule has 3 atom stereocenters. The van der Waals surface area contributed by atoms with E-state index >= 15 is 0 Å². The average molecular weight is 251 g/mol. The van der Waals surface area contributed by atoms with Crippen LogP contribution in [0.5, 0.6) is 0 Å². The number of amides is 2. The van der Waals surface area contributed by atoms with Crippen LogP contribution in [-0.4, -0.2) is 11.7 Å². The maximum Gasteiger partial charge on any atom is 0.332 e. The predicted molar refractivity (Wildman–Crippen MR) is 73.2 cm³/mol. The van der Waals surface area contributed by atoms with Crippen LogP contribution >= 0.6 is 0 Å². The number of primary amides is 1. The van der Waals surface area contributed by atoms with Crippen LogP contribution < -0.4 is 11.2 Å². The molecule has 2 fully saturated rings. The van der Waals surface area contributed by atoms with E-state index in [1.54, 1.807) is 0 Å². The third-order valence-electron chi connectivity index (χ3n) is 5.75. The summed E-state index contributed by atoms with van der Waals surface area (Å²) in [5.41, 5.74) is 9.40. The summed E-state index contributed by atoms with van der Waals surface area (Å²) in [5.74, 6) is 1.20. The van der Waals surface area contributed by atoms with Gasteiger partial charge in [-0.3, -0.25) is 0 Å². The van der Waals surface area contributed by atoms with E-state index in [9.17, 15) is 4.79 Å². The molecule has 102 valence electrons. The first kappa shape index (κ1) is 13.4. The maximum absolute atomic E-state index is 10.8. The highest BCUT2D eigenvalue weighted by Gasteiger charge is 2.61. The topological polar surface area (TPSA) is 67.5 Å². The number of hydrogen-bond acceptors (Lipinski definition) is 2. The molecule has 2 aliphatic carbocycles. The number of fused-ring (bicyclic) bond motifs is 2. The molecule has 2 amide bonds. The zero-order valence-corrected chi connectivity index (χ0v) is 11.9. The van der Waals surface area contributed by atoms with Crippen molar-refractivity contribution in [3.63, 3.8) is 0 Å². The lowest BCUT2D eigenvalue weighted by Gasteiger charge is -2.34. The molecule has 0 aromatic heterocycles. The van der Waals surface area contributed by atoms with Crippen molar-refractivity contribution in [3.05, 3.63) is 0 Å². The van der Waals surface area contributed by atoms with Crippen molar-refractivity contribution in [2.45, 2.75) is 53.4 Å². The Bertz CT molecular complexity index is 386. The van der Waals surface area contributed by atoms with Gasteiger partial charge in [0.1, 0.15) is 0 Å². The van der Waals surface area contributed by atoms with Gasteiger partial charge in [0.2, 0.25) is 0 Å². The Morgan fingerprint density at radius 3 is 2.50 bits per heavy atom. The second-order valence-electron chi connectivity index (χ2n) is 6.67. The van der Waals surface area contributed by atoms with Gasteiger partial charge in [-0.05, 0) is 42.4 Å². The fraction of sp³-hybridized carbons (Fsp3) is 0.857. The van der Waals surface area contributed by atoms with Crippen molar-refractivity contribution in [1.82, 2.24) is 5.43 Å². The average Bonchev–Trinajstić information content (AvgIpc) is 2.61. The lowest BCUT2D eigenvalue weighted by Crippen LogP contribution is -2.30. The van der Waals surface area contributed by atoms with Gasteiger partial charge in [0.25, 0.3) is 0 Å². The molecule has 0 spiro atoms.